The second-order valence-electron chi connectivity index (χ2n) is 4.51. The Balaban J connectivity index is 2.10. The Kier molecular flexibility index (Phi) is 2.91. The number of imidazole rings is 1. The summed E-state index contributed by atoms with van der Waals surface area (Å²) in [6, 6.07) is 11.8. The van der Waals surface area contributed by atoms with Crippen LogP contribution in [-0.2, 0) is 6.18 Å². The molecule has 3 rings (SSSR count). The van der Waals surface area contributed by atoms with Gasteiger partial charge in [-0.25, -0.2) is 4.98 Å². The van der Waals surface area contributed by atoms with Crippen molar-refractivity contribution in [3.8, 4) is 17.5 Å². The molecular weight excluding hydrogens is 279 g/mol. The third-order valence-electron chi connectivity index (χ3n) is 3.07. The number of nitrogens with zero attached hydrogens (tertiary/aromatic N) is 2. The third kappa shape index (κ3) is 2.46. The van der Waals surface area contributed by atoms with E-state index in [9.17, 15) is 13.2 Å². The van der Waals surface area contributed by atoms with Gasteiger partial charge in [0.15, 0.2) is 0 Å². The van der Waals surface area contributed by atoms with E-state index in [-0.39, 0.29) is 0 Å². The Morgan fingerprint density at radius 2 is 1.90 bits per heavy atom. The molecule has 104 valence electrons. The van der Waals surface area contributed by atoms with Gasteiger partial charge in [0.25, 0.3) is 0 Å². The summed E-state index contributed by atoms with van der Waals surface area (Å²) in [5, 5.41) is 8.84. The first-order valence-corrected chi connectivity index (χ1v) is 6.05. The minimum absolute atomic E-state index is 0.339. The smallest absolute Gasteiger partial charge is 0.338 e. The van der Waals surface area contributed by atoms with Gasteiger partial charge >= 0.3 is 6.18 Å². The zero-order valence-electron chi connectivity index (χ0n) is 10.6. The maximum Gasteiger partial charge on any atom is 0.416 e. The highest BCUT2D eigenvalue weighted by Crippen LogP contribution is 2.32. The molecule has 0 aliphatic heterocycles. The monoisotopic (exact) mass is 287 g/mol. The van der Waals surface area contributed by atoms with Crippen molar-refractivity contribution < 1.29 is 13.2 Å². The van der Waals surface area contributed by atoms with Crippen LogP contribution in [0.25, 0.3) is 22.4 Å². The lowest BCUT2D eigenvalue weighted by Gasteiger charge is -2.07. The molecule has 2 aromatic carbocycles. The van der Waals surface area contributed by atoms with Crippen LogP contribution >= 0.6 is 0 Å². The molecule has 0 saturated carbocycles. The first kappa shape index (κ1) is 13.2. The van der Waals surface area contributed by atoms with E-state index in [0.29, 0.717) is 28.0 Å². The van der Waals surface area contributed by atoms with Gasteiger partial charge in [0, 0.05) is 5.56 Å². The number of benzene rings is 2. The topological polar surface area (TPSA) is 52.5 Å². The van der Waals surface area contributed by atoms with Gasteiger partial charge in [-0.2, -0.15) is 18.4 Å². The molecule has 6 heteroatoms. The molecule has 0 saturated heterocycles. The molecule has 0 fully saturated rings. The summed E-state index contributed by atoms with van der Waals surface area (Å²) in [6.07, 6.45) is -4.39. The van der Waals surface area contributed by atoms with Gasteiger partial charge in [-0.1, -0.05) is 12.1 Å². The van der Waals surface area contributed by atoms with Crippen LogP contribution in [0.3, 0.4) is 0 Å². The standard InChI is InChI=1S/C15H8F3N3/c16-15(17,18)11-3-1-2-10(7-11)14-20-12-5-4-9(8-19)6-13(12)21-14/h1-7H,(H,20,21). The van der Waals surface area contributed by atoms with Crippen molar-refractivity contribution in [2.24, 2.45) is 0 Å². The molecule has 0 spiro atoms. The maximum absolute atomic E-state index is 12.7. The van der Waals surface area contributed by atoms with E-state index in [1.54, 1.807) is 24.3 Å². The van der Waals surface area contributed by atoms with Gasteiger partial charge in [-0.05, 0) is 30.3 Å². The van der Waals surface area contributed by atoms with Crippen LogP contribution in [0.4, 0.5) is 13.2 Å². The molecular formula is C15H8F3N3. The number of hydrogen-bond donors (Lipinski definition) is 1. The van der Waals surface area contributed by atoms with Crippen molar-refractivity contribution in [1.82, 2.24) is 9.97 Å². The lowest BCUT2D eigenvalue weighted by Crippen LogP contribution is -2.04. The zero-order valence-corrected chi connectivity index (χ0v) is 10.6. The van der Waals surface area contributed by atoms with Crippen molar-refractivity contribution in [1.29, 1.82) is 5.26 Å². The molecule has 0 atom stereocenters. The number of rotatable bonds is 1. The van der Waals surface area contributed by atoms with Gasteiger partial charge in [0.1, 0.15) is 5.82 Å². The summed E-state index contributed by atoms with van der Waals surface area (Å²) >= 11 is 0. The van der Waals surface area contributed by atoms with Crippen LogP contribution in [0.1, 0.15) is 11.1 Å². The van der Waals surface area contributed by atoms with E-state index in [4.69, 9.17) is 5.26 Å². The number of H-pyrrole nitrogens is 1. The normalized spacial score (nSPS) is 11.5. The van der Waals surface area contributed by atoms with Gasteiger partial charge in [-0.3, -0.25) is 0 Å². The van der Waals surface area contributed by atoms with Crippen molar-refractivity contribution in [2.75, 3.05) is 0 Å². The average Bonchev–Trinajstić information content (AvgIpc) is 2.89. The van der Waals surface area contributed by atoms with Crippen molar-refractivity contribution in [3.05, 3.63) is 53.6 Å². The van der Waals surface area contributed by atoms with Crippen molar-refractivity contribution in [3.63, 3.8) is 0 Å². The molecule has 1 N–H and O–H groups in total. The lowest BCUT2D eigenvalue weighted by molar-refractivity contribution is -0.137. The minimum Gasteiger partial charge on any atom is -0.338 e. The van der Waals surface area contributed by atoms with Crippen LogP contribution < -0.4 is 0 Å². The molecule has 0 aliphatic rings. The van der Waals surface area contributed by atoms with Crippen LogP contribution in [0, 0.1) is 11.3 Å². The van der Waals surface area contributed by atoms with Crippen LogP contribution in [0.15, 0.2) is 42.5 Å². The zero-order chi connectivity index (χ0) is 15.0. The predicted molar refractivity (Wildman–Crippen MR) is 71.2 cm³/mol. The molecule has 21 heavy (non-hydrogen) atoms. The Bertz CT molecular complexity index is 856. The molecule has 1 aromatic heterocycles. The number of halogens is 3. The number of aromatic nitrogens is 2. The first-order valence-electron chi connectivity index (χ1n) is 6.05. The molecule has 3 nitrogen and oxygen atoms in total. The molecule has 1 heterocycles. The minimum atomic E-state index is -4.39. The lowest BCUT2D eigenvalue weighted by atomic mass is 10.1. The van der Waals surface area contributed by atoms with Crippen LogP contribution in [-0.4, -0.2) is 9.97 Å². The SMILES string of the molecule is N#Cc1ccc2nc(-c3cccc(C(F)(F)F)c3)[nH]c2c1. The second kappa shape index (κ2) is 4.63. The van der Waals surface area contributed by atoms with Gasteiger partial charge in [0.05, 0.1) is 28.2 Å². The largest absolute Gasteiger partial charge is 0.416 e. The fourth-order valence-corrected chi connectivity index (χ4v) is 2.06. The number of fused-ring (bicyclic) bond motifs is 1. The quantitative estimate of drug-likeness (QED) is 0.732. The molecule has 0 unspecified atom stereocenters. The van der Waals surface area contributed by atoms with E-state index in [2.05, 4.69) is 9.97 Å². The van der Waals surface area contributed by atoms with E-state index < -0.39 is 11.7 Å². The fraction of sp³-hybridized carbons (Fsp3) is 0.0667. The number of hydrogen-bond acceptors (Lipinski definition) is 2. The fourth-order valence-electron chi connectivity index (χ4n) is 2.06. The summed E-state index contributed by atoms with van der Waals surface area (Å²) in [7, 11) is 0. The predicted octanol–water partition coefficient (Wildman–Crippen LogP) is 4.12. The van der Waals surface area contributed by atoms with Crippen LogP contribution in [0.5, 0.6) is 0 Å². The van der Waals surface area contributed by atoms with Crippen LogP contribution in [0.2, 0.25) is 0 Å². The highest BCUT2D eigenvalue weighted by Gasteiger charge is 2.30. The molecule has 0 bridgehead atoms. The summed E-state index contributed by atoms with van der Waals surface area (Å²) in [6.45, 7) is 0. The molecule has 0 aliphatic carbocycles. The highest BCUT2D eigenvalue weighted by molar-refractivity contribution is 5.80. The Labute approximate surface area is 117 Å². The summed E-state index contributed by atoms with van der Waals surface area (Å²) in [4.78, 5) is 7.18. The highest BCUT2D eigenvalue weighted by atomic mass is 19.4. The van der Waals surface area contributed by atoms with E-state index >= 15 is 0 Å². The van der Waals surface area contributed by atoms with Crippen molar-refractivity contribution in [2.45, 2.75) is 6.18 Å². The number of nitrogens with one attached hydrogen (secondary N) is 1. The number of alkyl halides is 3. The summed E-state index contributed by atoms with van der Waals surface area (Å²) in [5.74, 6) is 0.339. The molecule has 0 radical (unpaired) electrons. The average molecular weight is 287 g/mol. The maximum atomic E-state index is 12.7. The van der Waals surface area contributed by atoms with Gasteiger partial charge < -0.3 is 4.98 Å². The Morgan fingerprint density at radius 3 is 2.62 bits per heavy atom. The van der Waals surface area contributed by atoms with Gasteiger partial charge in [0.2, 0.25) is 0 Å². The van der Waals surface area contributed by atoms with E-state index in [1.807, 2.05) is 6.07 Å². The Morgan fingerprint density at radius 1 is 1.10 bits per heavy atom. The molecule has 3 aromatic rings. The summed E-state index contributed by atoms with van der Waals surface area (Å²) < 4.78 is 38.2. The Hall–Kier alpha value is -2.81. The number of aromatic amines is 1. The molecule has 0 amide bonds. The second-order valence-corrected chi connectivity index (χ2v) is 4.51. The third-order valence-corrected chi connectivity index (χ3v) is 3.07. The number of nitriles is 1. The van der Waals surface area contributed by atoms with Gasteiger partial charge in [-0.15, -0.1) is 0 Å². The van der Waals surface area contributed by atoms with Crippen molar-refractivity contribution >= 4 is 11.0 Å². The summed E-state index contributed by atoms with van der Waals surface area (Å²) in [5.41, 5.74) is 1.29. The van der Waals surface area contributed by atoms with E-state index in [1.165, 1.54) is 6.07 Å². The first-order chi connectivity index (χ1) is 9.97. The van der Waals surface area contributed by atoms with E-state index in [0.717, 1.165) is 12.1 Å².